The number of halogens is 2. The standard InChI is InChI=1S/C21H21Cl2NO4/c22-15-8-11-18(23)19(12-15)24-21(26)14-6-9-16(10-7-14)27-13-20(25)28-17-4-2-1-3-5-17/h6-12,17H,1-5,13H2,(H,24,26). The molecule has 0 aromatic heterocycles. The van der Waals surface area contributed by atoms with Crippen LogP contribution in [-0.2, 0) is 9.53 Å². The highest BCUT2D eigenvalue weighted by Crippen LogP contribution is 2.26. The fourth-order valence-electron chi connectivity index (χ4n) is 3.04. The van der Waals surface area contributed by atoms with E-state index in [9.17, 15) is 9.59 Å². The third-order valence-corrected chi connectivity index (χ3v) is 5.06. The van der Waals surface area contributed by atoms with E-state index in [1.54, 1.807) is 42.5 Å². The number of benzene rings is 2. The molecule has 1 fully saturated rings. The van der Waals surface area contributed by atoms with Crippen molar-refractivity contribution in [2.24, 2.45) is 0 Å². The molecule has 0 atom stereocenters. The van der Waals surface area contributed by atoms with Gasteiger partial charge in [-0.2, -0.15) is 0 Å². The highest BCUT2D eigenvalue weighted by Gasteiger charge is 2.18. The molecule has 1 amide bonds. The van der Waals surface area contributed by atoms with Crippen molar-refractivity contribution >= 4 is 40.8 Å². The lowest BCUT2D eigenvalue weighted by Crippen LogP contribution is -2.24. The van der Waals surface area contributed by atoms with E-state index in [4.69, 9.17) is 32.7 Å². The molecule has 0 aliphatic heterocycles. The van der Waals surface area contributed by atoms with E-state index in [-0.39, 0.29) is 24.6 Å². The Morgan fingerprint density at radius 2 is 1.71 bits per heavy atom. The average molecular weight is 422 g/mol. The Balaban J connectivity index is 1.50. The first-order valence-electron chi connectivity index (χ1n) is 9.20. The zero-order chi connectivity index (χ0) is 19.9. The maximum absolute atomic E-state index is 12.3. The highest BCUT2D eigenvalue weighted by atomic mass is 35.5. The van der Waals surface area contributed by atoms with Crippen molar-refractivity contribution in [3.63, 3.8) is 0 Å². The number of hydrogen-bond donors (Lipinski definition) is 1. The summed E-state index contributed by atoms with van der Waals surface area (Å²) in [6, 6.07) is 11.3. The lowest BCUT2D eigenvalue weighted by Gasteiger charge is -2.21. The predicted molar refractivity (Wildman–Crippen MR) is 109 cm³/mol. The van der Waals surface area contributed by atoms with Crippen LogP contribution in [0.4, 0.5) is 5.69 Å². The molecular weight excluding hydrogens is 401 g/mol. The minimum atomic E-state index is -0.371. The number of hydrogen-bond acceptors (Lipinski definition) is 4. The topological polar surface area (TPSA) is 64.6 Å². The van der Waals surface area contributed by atoms with E-state index in [0.29, 0.717) is 27.0 Å². The van der Waals surface area contributed by atoms with Crippen LogP contribution in [0.15, 0.2) is 42.5 Å². The molecule has 0 saturated heterocycles. The van der Waals surface area contributed by atoms with Gasteiger partial charge in [-0.05, 0) is 68.1 Å². The first kappa shape index (κ1) is 20.5. The molecule has 0 bridgehead atoms. The number of amides is 1. The van der Waals surface area contributed by atoms with Crippen LogP contribution in [0, 0.1) is 0 Å². The molecule has 7 heteroatoms. The fourth-order valence-corrected chi connectivity index (χ4v) is 3.37. The van der Waals surface area contributed by atoms with Crippen LogP contribution >= 0.6 is 23.2 Å². The summed E-state index contributed by atoms with van der Waals surface area (Å²) in [4.78, 5) is 24.2. The third-order valence-electron chi connectivity index (χ3n) is 4.50. The van der Waals surface area contributed by atoms with Crippen LogP contribution in [0.3, 0.4) is 0 Å². The smallest absolute Gasteiger partial charge is 0.344 e. The summed E-state index contributed by atoms with van der Waals surface area (Å²) in [6.07, 6.45) is 5.26. The van der Waals surface area contributed by atoms with Crippen molar-refractivity contribution in [1.29, 1.82) is 0 Å². The van der Waals surface area contributed by atoms with Gasteiger partial charge in [0.05, 0.1) is 10.7 Å². The van der Waals surface area contributed by atoms with Crippen molar-refractivity contribution < 1.29 is 19.1 Å². The van der Waals surface area contributed by atoms with Gasteiger partial charge in [0.2, 0.25) is 0 Å². The SMILES string of the molecule is O=C(COc1ccc(C(=O)Nc2cc(Cl)ccc2Cl)cc1)OC1CCCCC1. The molecule has 2 aromatic rings. The van der Waals surface area contributed by atoms with E-state index in [2.05, 4.69) is 5.32 Å². The van der Waals surface area contributed by atoms with Crippen LogP contribution in [0.25, 0.3) is 0 Å². The van der Waals surface area contributed by atoms with Crippen LogP contribution in [-0.4, -0.2) is 24.6 Å². The molecule has 1 saturated carbocycles. The Bertz CT molecular complexity index is 833. The Labute approximate surface area is 173 Å². The zero-order valence-electron chi connectivity index (χ0n) is 15.3. The van der Waals surface area contributed by atoms with E-state index in [1.165, 1.54) is 6.42 Å². The van der Waals surface area contributed by atoms with Crippen LogP contribution in [0.5, 0.6) is 5.75 Å². The van der Waals surface area contributed by atoms with Gasteiger partial charge in [0.15, 0.2) is 6.61 Å². The fraction of sp³-hybridized carbons (Fsp3) is 0.333. The third kappa shape index (κ3) is 5.88. The number of rotatable bonds is 6. The molecule has 1 aliphatic rings. The maximum Gasteiger partial charge on any atom is 0.344 e. The summed E-state index contributed by atoms with van der Waals surface area (Å²) in [7, 11) is 0. The van der Waals surface area contributed by atoms with Gasteiger partial charge in [-0.25, -0.2) is 4.79 Å². The second kappa shape index (κ2) is 9.80. The first-order valence-corrected chi connectivity index (χ1v) is 9.95. The van der Waals surface area contributed by atoms with Crippen molar-refractivity contribution in [1.82, 2.24) is 0 Å². The van der Waals surface area contributed by atoms with Gasteiger partial charge in [-0.3, -0.25) is 4.79 Å². The summed E-state index contributed by atoms with van der Waals surface area (Å²) in [5, 5.41) is 3.59. The van der Waals surface area contributed by atoms with Gasteiger partial charge in [0, 0.05) is 10.6 Å². The van der Waals surface area contributed by atoms with E-state index in [0.717, 1.165) is 25.7 Å². The predicted octanol–water partition coefficient (Wildman–Crippen LogP) is 5.50. The molecule has 0 heterocycles. The van der Waals surface area contributed by atoms with Gasteiger partial charge in [-0.15, -0.1) is 0 Å². The molecule has 1 N–H and O–H groups in total. The number of carbonyl (C=O) groups excluding carboxylic acids is 2. The van der Waals surface area contributed by atoms with Crippen LogP contribution in [0.2, 0.25) is 10.0 Å². The average Bonchev–Trinajstić information content (AvgIpc) is 2.70. The number of anilines is 1. The van der Waals surface area contributed by atoms with Crippen LogP contribution < -0.4 is 10.1 Å². The number of esters is 1. The van der Waals surface area contributed by atoms with E-state index in [1.807, 2.05) is 0 Å². The summed E-state index contributed by atoms with van der Waals surface area (Å²) in [5.41, 5.74) is 0.859. The molecule has 5 nitrogen and oxygen atoms in total. The Morgan fingerprint density at radius 1 is 1.00 bits per heavy atom. The number of ether oxygens (including phenoxy) is 2. The van der Waals surface area contributed by atoms with Gasteiger partial charge in [-0.1, -0.05) is 29.6 Å². The summed E-state index contributed by atoms with van der Waals surface area (Å²) in [6.45, 7) is -0.153. The zero-order valence-corrected chi connectivity index (χ0v) is 16.8. The Kier molecular flexibility index (Phi) is 7.18. The molecule has 0 unspecified atom stereocenters. The lowest BCUT2D eigenvalue weighted by atomic mass is 9.98. The minimum Gasteiger partial charge on any atom is -0.482 e. The molecule has 0 spiro atoms. The molecule has 148 valence electrons. The maximum atomic E-state index is 12.3. The highest BCUT2D eigenvalue weighted by molar-refractivity contribution is 6.35. The molecule has 2 aromatic carbocycles. The molecular formula is C21H21Cl2NO4. The number of carbonyl (C=O) groups is 2. The molecule has 0 radical (unpaired) electrons. The second-order valence-electron chi connectivity index (χ2n) is 6.64. The van der Waals surface area contributed by atoms with Gasteiger partial charge >= 0.3 is 5.97 Å². The quantitative estimate of drug-likeness (QED) is 0.625. The second-order valence-corrected chi connectivity index (χ2v) is 7.48. The lowest BCUT2D eigenvalue weighted by molar-refractivity contribution is -0.152. The van der Waals surface area contributed by atoms with Crippen molar-refractivity contribution in [3.05, 3.63) is 58.1 Å². The van der Waals surface area contributed by atoms with Gasteiger partial charge in [0.1, 0.15) is 11.9 Å². The Hall–Kier alpha value is -2.24. The number of nitrogens with one attached hydrogen (secondary N) is 1. The summed E-state index contributed by atoms with van der Waals surface area (Å²) >= 11 is 12.0. The minimum absolute atomic E-state index is 0.00855. The van der Waals surface area contributed by atoms with Crippen LogP contribution in [0.1, 0.15) is 42.5 Å². The first-order chi connectivity index (χ1) is 13.5. The van der Waals surface area contributed by atoms with Crippen molar-refractivity contribution in [3.8, 4) is 5.75 Å². The molecule has 1 aliphatic carbocycles. The normalized spacial score (nSPS) is 14.4. The van der Waals surface area contributed by atoms with Crippen molar-refractivity contribution in [2.75, 3.05) is 11.9 Å². The summed E-state index contributed by atoms with van der Waals surface area (Å²) < 4.78 is 10.9. The monoisotopic (exact) mass is 421 g/mol. The molecule has 28 heavy (non-hydrogen) atoms. The Morgan fingerprint density at radius 3 is 2.43 bits per heavy atom. The van der Waals surface area contributed by atoms with E-state index >= 15 is 0 Å². The largest absolute Gasteiger partial charge is 0.482 e. The van der Waals surface area contributed by atoms with E-state index < -0.39 is 0 Å². The summed E-state index contributed by atoms with van der Waals surface area (Å²) in [5.74, 6) is -0.213. The van der Waals surface area contributed by atoms with Gasteiger partial charge < -0.3 is 14.8 Å². The van der Waals surface area contributed by atoms with Crippen molar-refractivity contribution in [2.45, 2.75) is 38.2 Å². The van der Waals surface area contributed by atoms with Gasteiger partial charge in [0.25, 0.3) is 5.91 Å². The molecule has 3 rings (SSSR count).